The molecule has 2 rings (SSSR count). The lowest BCUT2D eigenvalue weighted by molar-refractivity contribution is -0.394. The number of nitrogens with zero attached hydrogens (tertiary/aromatic N) is 4. The molecule has 15 heteroatoms. The molecule has 0 radical (unpaired) electrons. The van der Waals surface area contributed by atoms with E-state index in [1.807, 2.05) is 0 Å². The normalized spacial score (nSPS) is 11.3. The van der Waals surface area contributed by atoms with Crippen molar-refractivity contribution < 1.29 is 27.9 Å². The molecule has 0 aliphatic carbocycles. The van der Waals surface area contributed by atoms with Crippen LogP contribution in [0, 0.1) is 37.3 Å². The monoisotopic (exact) mass is 482 g/mol. The Balaban J connectivity index is 3.08. The fourth-order valence-electron chi connectivity index (χ4n) is 2.86. The number of nitro groups is 3. The number of rotatable bonds is 6. The van der Waals surface area contributed by atoms with Crippen LogP contribution in [0.4, 0.5) is 41.6 Å². The van der Waals surface area contributed by atoms with Crippen LogP contribution in [0.1, 0.15) is 18.1 Å². The quantitative estimate of drug-likeness (QED) is 0.353. The van der Waals surface area contributed by atoms with Gasteiger partial charge in [0.2, 0.25) is 0 Å². The summed E-state index contributed by atoms with van der Waals surface area (Å²) in [6.07, 6.45) is -5.28. The molecule has 0 aliphatic heterocycles. The highest BCUT2D eigenvalue weighted by Crippen LogP contribution is 2.50. The SMILES string of the molecule is CCN(c1c([N+](=O)[O-])cc([N+](=O)[O-])cc1C(F)(F)F)c1c([N+](=O)[O-])cc(Cl)c(C)c1Cl. The molecule has 0 saturated heterocycles. The van der Waals surface area contributed by atoms with E-state index in [-0.39, 0.29) is 16.7 Å². The van der Waals surface area contributed by atoms with E-state index in [9.17, 15) is 43.5 Å². The van der Waals surface area contributed by atoms with E-state index in [0.29, 0.717) is 11.0 Å². The Hall–Kier alpha value is -3.19. The highest BCUT2D eigenvalue weighted by Gasteiger charge is 2.43. The van der Waals surface area contributed by atoms with Crippen molar-refractivity contribution in [2.24, 2.45) is 0 Å². The van der Waals surface area contributed by atoms with Crippen molar-refractivity contribution in [2.45, 2.75) is 20.0 Å². The van der Waals surface area contributed by atoms with Crippen LogP contribution in [0.25, 0.3) is 0 Å². The van der Waals surface area contributed by atoms with Gasteiger partial charge in [0.1, 0.15) is 11.4 Å². The first-order valence-electron chi connectivity index (χ1n) is 8.16. The van der Waals surface area contributed by atoms with E-state index in [1.54, 1.807) is 0 Å². The minimum absolute atomic E-state index is 0.0838. The Morgan fingerprint density at radius 3 is 1.87 bits per heavy atom. The summed E-state index contributed by atoms with van der Waals surface area (Å²) in [5.41, 5.74) is -6.60. The topological polar surface area (TPSA) is 133 Å². The molecule has 0 saturated carbocycles. The molecule has 10 nitrogen and oxygen atoms in total. The number of non-ortho nitro benzene ring substituents is 1. The van der Waals surface area contributed by atoms with E-state index in [1.165, 1.54) is 13.8 Å². The van der Waals surface area contributed by atoms with E-state index in [4.69, 9.17) is 23.2 Å². The second-order valence-corrected chi connectivity index (χ2v) is 6.82. The maximum absolute atomic E-state index is 13.8. The summed E-state index contributed by atoms with van der Waals surface area (Å²) in [5, 5.41) is 33.6. The summed E-state index contributed by atoms with van der Waals surface area (Å²) in [4.78, 5) is 31.3. The molecule has 166 valence electrons. The summed E-state index contributed by atoms with van der Waals surface area (Å²) in [6.45, 7) is 2.18. The van der Waals surface area contributed by atoms with Gasteiger partial charge in [-0.15, -0.1) is 0 Å². The van der Waals surface area contributed by atoms with E-state index >= 15 is 0 Å². The minimum Gasteiger partial charge on any atom is -0.329 e. The Labute approximate surface area is 181 Å². The van der Waals surface area contributed by atoms with Crippen molar-refractivity contribution in [3.8, 4) is 0 Å². The number of nitro benzene ring substituents is 3. The van der Waals surface area contributed by atoms with Gasteiger partial charge in [-0.3, -0.25) is 30.3 Å². The minimum atomic E-state index is -5.28. The van der Waals surface area contributed by atoms with Gasteiger partial charge in [0.15, 0.2) is 0 Å². The molecule has 0 fully saturated rings. The van der Waals surface area contributed by atoms with Crippen molar-refractivity contribution in [3.05, 3.63) is 69.7 Å². The van der Waals surface area contributed by atoms with Gasteiger partial charge in [-0.05, 0) is 19.4 Å². The van der Waals surface area contributed by atoms with Gasteiger partial charge in [0.05, 0.1) is 36.4 Å². The molecule has 0 atom stereocenters. The number of benzene rings is 2. The Morgan fingerprint density at radius 2 is 1.45 bits per heavy atom. The maximum Gasteiger partial charge on any atom is 0.418 e. The fraction of sp³-hybridized carbons (Fsp3) is 0.250. The predicted octanol–water partition coefficient (Wildman–Crippen LogP) is 6.20. The van der Waals surface area contributed by atoms with Crippen LogP contribution in [-0.2, 0) is 6.18 Å². The molecule has 0 bridgehead atoms. The number of halogens is 5. The second kappa shape index (κ2) is 8.51. The average Bonchev–Trinajstić information content (AvgIpc) is 2.66. The molecule has 0 aliphatic rings. The highest BCUT2D eigenvalue weighted by atomic mass is 35.5. The molecular weight excluding hydrogens is 472 g/mol. The third-order valence-electron chi connectivity index (χ3n) is 4.24. The van der Waals surface area contributed by atoms with Gasteiger partial charge in [0, 0.05) is 18.7 Å². The molecule has 0 unspecified atom stereocenters. The fourth-order valence-corrected chi connectivity index (χ4v) is 3.41. The number of anilines is 2. The lowest BCUT2D eigenvalue weighted by Crippen LogP contribution is -2.24. The lowest BCUT2D eigenvalue weighted by atomic mass is 10.1. The number of hydrogen-bond donors (Lipinski definition) is 0. The average molecular weight is 483 g/mol. The molecule has 2 aromatic carbocycles. The largest absolute Gasteiger partial charge is 0.418 e. The molecule has 0 aromatic heterocycles. The van der Waals surface area contributed by atoms with Gasteiger partial charge in [-0.2, -0.15) is 13.2 Å². The lowest BCUT2D eigenvalue weighted by Gasteiger charge is -2.27. The molecule has 0 amide bonds. The van der Waals surface area contributed by atoms with Crippen LogP contribution in [0.15, 0.2) is 18.2 Å². The zero-order chi connectivity index (χ0) is 23.8. The van der Waals surface area contributed by atoms with Crippen molar-refractivity contribution in [1.29, 1.82) is 0 Å². The highest BCUT2D eigenvalue weighted by molar-refractivity contribution is 6.38. The molecule has 0 N–H and O–H groups in total. The van der Waals surface area contributed by atoms with Crippen LogP contribution in [0.5, 0.6) is 0 Å². The summed E-state index contributed by atoms with van der Waals surface area (Å²) in [7, 11) is 0. The Bertz CT molecular complexity index is 1110. The van der Waals surface area contributed by atoms with Crippen LogP contribution in [0.2, 0.25) is 10.0 Å². The van der Waals surface area contributed by atoms with Crippen LogP contribution in [-0.4, -0.2) is 21.3 Å². The smallest absolute Gasteiger partial charge is 0.329 e. The van der Waals surface area contributed by atoms with Crippen molar-refractivity contribution in [2.75, 3.05) is 11.4 Å². The first-order chi connectivity index (χ1) is 14.2. The predicted molar refractivity (Wildman–Crippen MR) is 105 cm³/mol. The molecule has 31 heavy (non-hydrogen) atoms. The van der Waals surface area contributed by atoms with Crippen LogP contribution >= 0.6 is 23.2 Å². The molecule has 0 heterocycles. The Morgan fingerprint density at radius 1 is 0.935 bits per heavy atom. The zero-order valence-electron chi connectivity index (χ0n) is 15.6. The van der Waals surface area contributed by atoms with Gasteiger partial charge in [0.25, 0.3) is 17.1 Å². The van der Waals surface area contributed by atoms with Gasteiger partial charge >= 0.3 is 6.18 Å². The Kier molecular flexibility index (Phi) is 6.61. The van der Waals surface area contributed by atoms with Crippen molar-refractivity contribution >= 4 is 51.6 Å². The second-order valence-electron chi connectivity index (χ2n) is 6.04. The summed E-state index contributed by atoms with van der Waals surface area (Å²) in [5.74, 6) is 0. The van der Waals surface area contributed by atoms with Crippen LogP contribution < -0.4 is 4.90 Å². The van der Waals surface area contributed by atoms with Gasteiger partial charge in [-0.25, -0.2) is 0 Å². The van der Waals surface area contributed by atoms with Gasteiger partial charge in [-0.1, -0.05) is 23.2 Å². The molecule has 2 aromatic rings. The number of hydrogen-bond acceptors (Lipinski definition) is 7. The van der Waals surface area contributed by atoms with Crippen molar-refractivity contribution in [3.63, 3.8) is 0 Å². The first kappa shape index (κ1) is 24.1. The number of alkyl halides is 3. The molecular formula is C16H11Cl2F3N4O6. The van der Waals surface area contributed by atoms with Crippen molar-refractivity contribution in [1.82, 2.24) is 0 Å². The third-order valence-corrected chi connectivity index (χ3v) is 5.10. The maximum atomic E-state index is 13.8. The summed E-state index contributed by atoms with van der Waals surface area (Å²) >= 11 is 12.1. The summed E-state index contributed by atoms with van der Waals surface area (Å²) in [6, 6.07) is 1.31. The zero-order valence-corrected chi connectivity index (χ0v) is 17.1. The molecule has 0 spiro atoms. The third kappa shape index (κ3) is 4.46. The first-order valence-corrected chi connectivity index (χ1v) is 8.92. The van der Waals surface area contributed by atoms with E-state index in [0.717, 1.165) is 6.07 Å². The standard InChI is InChI=1S/C16H11Cl2F3N4O6/c1-3-22(15-12(25(30)31)6-10(17)7(2)13(15)18)14-9(16(19,20)21)4-8(23(26)27)5-11(14)24(28)29/h4-6H,3H2,1-2H3. The van der Waals surface area contributed by atoms with E-state index < -0.39 is 66.5 Å². The van der Waals surface area contributed by atoms with E-state index in [2.05, 4.69) is 0 Å². The summed E-state index contributed by atoms with van der Waals surface area (Å²) < 4.78 is 41.4. The van der Waals surface area contributed by atoms with Gasteiger partial charge < -0.3 is 4.90 Å². The van der Waals surface area contributed by atoms with Crippen LogP contribution in [0.3, 0.4) is 0 Å².